The minimum absolute atomic E-state index is 0.0130. The Hall–Kier alpha value is -3.42. The van der Waals surface area contributed by atoms with Crippen molar-refractivity contribution in [1.82, 2.24) is 13.6 Å². The number of rotatable bonds is 8. The van der Waals surface area contributed by atoms with Crippen LogP contribution in [-0.2, 0) is 31.5 Å². The van der Waals surface area contributed by atoms with Crippen LogP contribution in [0.5, 0.6) is 0 Å². The zero-order chi connectivity index (χ0) is 27.6. The molecule has 1 amide bonds. The Morgan fingerprint density at radius 3 is 2.35 bits per heavy atom. The number of aromatic nitrogens is 1. The average Bonchev–Trinajstić information content (AvgIpc) is 3.22. The van der Waals surface area contributed by atoms with Crippen molar-refractivity contribution in [2.75, 3.05) is 18.8 Å². The van der Waals surface area contributed by atoms with E-state index in [0.29, 0.717) is 5.56 Å². The maximum Gasteiger partial charge on any atom is 0.410 e. The van der Waals surface area contributed by atoms with Crippen molar-refractivity contribution in [2.24, 2.45) is 0 Å². The Bertz CT molecular complexity index is 1510. The molecule has 0 atom stereocenters. The molecule has 37 heavy (non-hydrogen) atoms. The summed E-state index contributed by atoms with van der Waals surface area (Å²) in [5, 5.41) is 0. The van der Waals surface area contributed by atoms with Crippen molar-refractivity contribution in [1.29, 1.82) is 0 Å². The molecule has 0 unspecified atom stereocenters. The van der Waals surface area contributed by atoms with E-state index in [9.17, 15) is 26.0 Å². The molecule has 0 bridgehead atoms. The monoisotopic (exact) mass is 552 g/mol. The van der Waals surface area contributed by atoms with Gasteiger partial charge in [-0.15, -0.1) is 0 Å². The summed E-state index contributed by atoms with van der Waals surface area (Å²) in [6.45, 7) is 5.16. The average molecular weight is 553 g/mol. The first-order valence-electron chi connectivity index (χ1n) is 11.1. The number of hydrogen-bond donors (Lipinski definition) is 2. The summed E-state index contributed by atoms with van der Waals surface area (Å²) in [4.78, 5) is 13.5. The maximum absolute atomic E-state index is 14.7. The number of nitrogens with zero attached hydrogens (tertiary/aromatic N) is 2. The predicted molar refractivity (Wildman–Crippen MR) is 138 cm³/mol. The molecular formula is C24H29FN4O6S2. The third-order valence-electron chi connectivity index (χ3n) is 5.03. The molecule has 3 rings (SSSR count). The summed E-state index contributed by atoms with van der Waals surface area (Å²) in [5.74, 6) is -0.639. The third-order valence-corrected chi connectivity index (χ3v) is 7.74. The fourth-order valence-corrected chi connectivity index (χ4v) is 5.34. The van der Waals surface area contributed by atoms with Gasteiger partial charge in [-0.05, 0) is 62.7 Å². The lowest BCUT2D eigenvalue weighted by Crippen LogP contribution is -2.33. The van der Waals surface area contributed by atoms with Crippen LogP contribution in [0.1, 0.15) is 26.3 Å². The molecule has 3 aromatic rings. The Balaban J connectivity index is 2.08. The second-order valence-corrected chi connectivity index (χ2v) is 12.6. The smallest absolute Gasteiger partial charge is 0.410 e. The second-order valence-electron chi connectivity index (χ2n) is 9.19. The largest absolute Gasteiger partial charge is 0.444 e. The molecule has 2 N–H and O–H groups in total. The summed E-state index contributed by atoms with van der Waals surface area (Å²) in [6.07, 6.45) is 0.683. The number of carbonyl (C=O) groups is 1. The molecule has 0 saturated heterocycles. The van der Waals surface area contributed by atoms with Crippen LogP contribution in [0, 0.1) is 5.82 Å². The van der Waals surface area contributed by atoms with Crippen molar-refractivity contribution >= 4 is 32.0 Å². The van der Waals surface area contributed by atoms with Gasteiger partial charge in [-0.1, -0.05) is 18.2 Å². The molecule has 0 radical (unpaired) electrons. The second kappa shape index (κ2) is 10.5. The first kappa shape index (κ1) is 28.2. The van der Waals surface area contributed by atoms with Crippen LogP contribution >= 0.6 is 0 Å². The number of amides is 1. The summed E-state index contributed by atoms with van der Waals surface area (Å²) in [7, 11) is -5.50. The van der Waals surface area contributed by atoms with Gasteiger partial charge in [-0.3, -0.25) is 4.72 Å². The highest BCUT2D eigenvalue weighted by atomic mass is 32.2. The van der Waals surface area contributed by atoms with Crippen molar-refractivity contribution in [3.8, 4) is 11.3 Å². The van der Waals surface area contributed by atoms with E-state index in [4.69, 9.17) is 4.74 Å². The number of halogens is 1. The molecule has 0 aliphatic carbocycles. The van der Waals surface area contributed by atoms with Crippen molar-refractivity contribution < 1.29 is 30.8 Å². The Morgan fingerprint density at radius 2 is 1.73 bits per heavy atom. The van der Waals surface area contributed by atoms with Gasteiger partial charge in [-0.25, -0.2) is 26.3 Å². The summed E-state index contributed by atoms with van der Waals surface area (Å²) < 4.78 is 76.4. The van der Waals surface area contributed by atoms with Gasteiger partial charge in [0.1, 0.15) is 11.4 Å². The molecule has 0 aliphatic rings. The molecule has 10 nitrogen and oxygen atoms in total. The first-order valence-corrected chi connectivity index (χ1v) is 14.0. The van der Waals surface area contributed by atoms with Gasteiger partial charge in [-0.2, -0.15) is 8.42 Å². The molecule has 1 aromatic heterocycles. The maximum atomic E-state index is 14.7. The van der Waals surface area contributed by atoms with Gasteiger partial charge >= 0.3 is 6.09 Å². The van der Waals surface area contributed by atoms with Crippen molar-refractivity contribution in [3.63, 3.8) is 0 Å². The quantitative estimate of drug-likeness (QED) is 0.438. The lowest BCUT2D eigenvalue weighted by Gasteiger charge is -2.24. The number of benzene rings is 2. The highest BCUT2D eigenvalue weighted by Crippen LogP contribution is 2.30. The van der Waals surface area contributed by atoms with Crippen molar-refractivity contribution in [3.05, 3.63) is 72.2 Å². The molecule has 0 aliphatic heterocycles. The van der Waals surface area contributed by atoms with E-state index < -0.39 is 37.7 Å². The van der Waals surface area contributed by atoms with Gasteiger partial charge in [0.15, 0.2) is 0 Å². The predicted octanol–water partition coefficient (Wildman–Crippen LogP) is 3.77. The van der Waals surface area contributed by atoms with E-state index in [1.807, 2.05) is 0 Å². The lowest BCUT2D eigenvalue weighted by atomic mass is 10.1. The lowest BCUT2D eigenvalue weighted by molar-refractivity contribution is 0.0285. The summed E-state index contributed by atoms with van der Waals surface area (Å²) in [6, 6.07) is 12.4. The SMILES string of the molecule is CNS(=O)(=O)Nc1cccc(S(=O)(=O)n2cc(CN(C)C(=O)OC(C)(C)C)cc2-c2ccccc2F)c1. The highest BCUT2D eigenvalue weighted by molar-refractivity contribution is 7.91. The Kier molecular flexibility index (Phi) is 8.00. The molecule has 1 heterocycles. The van der Waals surface area contributed by atoms with E-state index in [0.717, 1.165) is 10.0 Å². The standard InChI is InChI=1S/C24H29FN4O6S2/c1-24(2,3)35-23(30)28(5)15-17-13-22(20-11-6-7-12-21(20)25)29(16-17)36(31,32)19-10-8-9-18(14-19)27-37(33,34)26-4/h6-14,16,26-27H,15H2,1-5H3. The van der Waals surface area contributed by atoms with Crippen LogP contribution in [0.3, 0.4) is 0 Å². The van der Waals surface area contributed by atoms with E-state index in [1.54, 1.807) is 26.8 Å². The van der Waals surface area contributed by atoms with Crippen LogP contribution in [0.25, 0.3) is 11.3 Å². The van der Waals surface area contributed by atoms with E-state index in [2.05, 4.69) is 9.44 Å². The topological polar surface area (TPSA) is 127 Å². The normalized spacial score (nSPS) is 12.3. The van der Waals surface area contributed by atoms with E-state index in [-0.39, 0.29) is 28.4 Å². The third kappa shape index (κ3) is 6.87. The molecule has 0 fully saturated rings. The van der Waals surface area contributed by atoms with Crippen LogP contribution in [0.2, 0.25) is 0 Å². The number of carbonyl (C=O) groups excluding carboxylic acids is 1. The van der Waals surface area contributed by atoms with Crippen LogP contribution in [-0.4, -0.2) is 51.5 Å². The van der Waals surface area contributed by atoms with Crippen molar-refractivity contribution in [2.45, 2.75) is 37.8 Å². The minimum Gasteiger partial charge on any atom is -0.444 e. The Labute approximate surface area is 216 Å². The number of anilines is 1. The van der Waals surface area contributed by atoms with Crippen LogP contribution in [0.15, 0.2) is 65.7 Å². The molecule has 200 valence electrons. The number of ether oxygens (including phenoxy) is 1. The van der Waals surface area contributed by atoms with Crippen LogP contribution < -0.4 is 9.44 Å². The van der Waals surface area contributed by atoms with Gasteiger partial charge in [0, 0.05) is 25.9 Å². The minimum atomic E-state index is -4.32. The van der Waals surface area contributed by atoms with Gasteiger partial charge < -0.3 is 9.64 Å². The van der Waals surface area contributed by atoms with E-state index in [1.165, 1.54) is 67.7 Å². The van der Waals surface area contributed by atoms with E-state index >= 15 is 0 Å². The zero-order valence-electron chi connectivity index (χ0n) is 21.0. The molecule has 13 heteroatoms. The zero-order valence-corrected chi connectivity index (χ0v) is 22.7. The Morgan fingerprint density at radius 1 is 1.05 bits per heavy atom. The molecule has 0 saturated carbocycles. The van der Waals surface area contributed by atoms with Crippen LogP contribution in [0.4, 0.5) is 14.9 Å². The molecule has 2 aromatic carbocycles. The molecular weight excluding hydrogens is 523 g/mol. The summed E-state index contributed by atoms with van der Waals surface area (Å²) in [5.41, 5.74) is -0.239. The fraction of sp³-hybridized carbons (Fsp3) is 0.292. The van der Waals surface area contributed by atoms with Gasteiger partial charge in [0.2, 0.25) is 0 Å². The highest BCUT2D eigenvalue weighted by Gasteiger charge is 2.26. The number of nitrogens with one attached hydrogen (secondary N) is 2. The fourth-order valence-electron chi connectivity index (χ4n) is 3.37. The van der Waals surface area contributed by atoms with Gasteiger partial charge in [0.25, 0.3) is 20.2 Å². The first-order chi connectivity index (χ1) is 17.1. The summed E-state index contributed by atoms with van der Waals surface area (Å²) >= 11 is 0. The number of hydrogen-bond acceptors (Lipinski definition) is 6. The van der Waals surface area contributed by atoms with Gasteiger partial charge in [0.05, 0.1) is 22.8 Å². The molecule has 0 spiro atoms.